The van der Waals surface area contributed by atoms with Gasteiger partial charge in [-0.25, -0.2) is 4.79 Å². The first kappa shape index (κ1) is 20.6. The van der Waals surface area contributed by atoms with E-state index in [-0.39, 0.29) is 6.09 Å². The Bertz CT molecular complexity index is 788. The van der Waals surface area contributed by atoms with Gasteiger partial charge in [-0.1, -0.05) is 18.7 Å². The maximum Gasteiger partial charge on any atom is 0.410 e. The van der Waals surface area contributed by atoms with Crippen LogP contribution in [0.3, 0.4) is 0 Å². The van der Waals surface area contributed by atoms with Gasteiger partial charge >= 0.3 is 6.09 Å². The highest BCUT2D eigenvalue weighted by atomic mass is 32.2. The summed E-state index contributed by atoms with van der Waals surface area (Å²) in [6, 6.07) is 3.92. The van der Waals surface area contributed by atoms with E-state index >= 15 is 0 Å². The highest BCUT2D eigenvalue weighted by molar-refractivity contribution is 7.99. The number of thioether (sulfide) groups is 1. The van der Waals surface area contributed by atoms with Crippen molar-refractivity contribution in [3.63, 3.8) is 0 Å². The highest BCUT2D eigenvalue weighted by Crippen LogP contribution is 2.28. The summed E-state index contributed by atoms with van der Waals surface area (Å²) in [5.74, 6) is 2.24. The van der Waals surface area contributed by atoms with Crippen molar-refractivity contribution >= 4 is 17.9 Å². The van der Waals surface area contributed by atoms with E-state index < -0.39 is 5.60 Å². The van der Waals surface area contributed by atoms with E-state index in [2.05, 4.69) is 26.7 Å². The van der Waals surface area contributed by atoms with Gasteiger partial charge in [-0.2, -0.15) is 0 Å². The molecule has 1 amide bonds. The van der Waals surface area contributed by atoms with E-state index in [0.29, 0.717) is 5.92 Å². The van der Waals surface area contributed by atoms with Gasteiger partial charge in [0.2, 0.25) is 0 Å². The van der Waals surface area contributed by atoms with Crippen molar-refractivity contribution in [3.05, 3.63) is 24.5 Å². The topological polar surface area (TPSA) is 73.1 Å². The number of ether oxygens (including phenoxy) is 1. The number of hydrogen-bond acceptors (Lipinski definition) is 6. The van der Waals surface area contributed by atoms with E-state index in [1.54, 1.807) is 24.2 Å². The molecule has 0 N–H and O–H groups in total. The van der Waals surface area contributed by atoms with Gasteiger partial charge in [-0.15, -0.1) is 10.2 Å². The molecule has 1 unspecified atom stereocenters. The van der Waals surface area contributed by atoms with Crippen LogP contribution in [0.2, 0.25) is 0 Å². The minimum atomic E-state index is -0.455. The first-order valence-electron chi connectivity index (χ1n) is 9.81. The van der Waals surface area contributed by atoms with E-state index in [4.69, 9.17) is 4.74 Å². The zero-order valence-corrected chi connectivity index (χ0v) is 17.9. The van der Waals surface area contributed by atoms with Gasteiger partial charge in [0.15, 0.2) is 11.0 Å². The van der Waals surface area contributed by atoms with Crippen molar-refractivity contribution in [2.45, 2.75) is 57.8 Å². The Kier molecular flexibility index (Phi) is 6.59. The standard InChI is InChI=1S/C20H29N5O2S/c1-5-11-25-17(16-6-9-21-10-7-16)22-23-18(25)28-14-15-8-12-24(13-15)19(26)27-20(2,3)4/h6-7,9-10,15H,5,8,11-14H2,1-4H3. The van der Waals surface area contributed by atoms with Crippen LogP contribution in [0.25, 0.3) is 11.4 Å². The monoisotopic (exact) mass is 403 g/mol. The highest BCUT2D eigenvalue weighted by Gasteiger charge is 2.30. The molecule has 1 saturated heterocycles. The second-order valence-corrected chi connectivity index (χ2v) is 9.07. The van der Waals surface area contributed by atoms with Crippen LogP contribution < -0.4 is 0 Å². The number of pyridine rings is 1. The number of likely N-dealkylation sites (tertiary alicyclic amines) is 1. The molecule has 3 heterocycles. The Morgan fingerprint density at radius 2 is 2.04 bits per heavy atom. The minimum Gasteiger partial charge on any atom is -0.444 e. The summed E-state index contributed by atoms with van der Waals surface area (Å²) in [6.45, 7) is 10.2. The molecule has 152 valence electrons. The fourth-order valence-electron chi connectivity index (χ4n) is 3.19. The van der Waals surface area contributed by atoms with Crippen LogP contribution in [0.5, 0.6) is 0 Å². The molecule has 0 saturated carbocycles. The molecule has 0 radical (unpaired) electrons. The Labute approximate surface area is 170 Å². The van der Waals surface area contributed by atoms with Crippen LogP contribution in [0.4, 0.5) is 4.79 Å². The van der Waals surface area contributed by atoms with Gasteiger partial charge in [0, 0.05) is 43.3 Å². The summed E-state index contributed by atoms with van der Waals surface area (Å²) >= 11 is 1.72. The summed E-state index contributed by atoms with van der Waals surface area (Å²) in [7, 11) is 0. The summed E-state index contributed by atoms with van der Waals surface area (Å²) in [4.78, 5) is 18.1. The molecule has 1 aliphatic heterocycles. The molecular formula is C20H29N5O2S. The van der Waals surface area contributed by atoms with Crippen molar-refractivity contribution in [2.24, 2.45) is 5.92 Å². The second-order valence-electron chi connectivity index (χ2n) is 8.09. The smallest absolute Gasteiger partial charge is 0.410 e. The van der Waals surface area contributed by atoms with E-state index in [9.17, 15) is 4.79 Å². The first-order chi connectivity index (χ1) is 13.4. The predicted molar refractivity (Wildman–Crippen MR) is 110 cm³/mol. The van der Waals surface area contributed by atoms with Crippen LogP contribution in [0, 0.1) is 5.92 Å². The van der Waals surface area contributed by atoms with Gasteiger partial charge in [-0.05, 0) is 51.7 Å². The van der Waals surface area contributed by atoms with Crippen molar-refractivity contribution < 1.29 is 9.53 Å². The van der Waals surface area contributed by atoms with Gasteiger partial charge in [-0.3, -0.25) is 4.98 Å². The maximum absolute atomic E-state index is 12.2. The number of hydrogen-bond donors (Lipinski definition) is 0. The number of nitrogens with zero attached hydrogens (tertiary/aromatic N) is 5. The average Bonchev–Trinajstić information content (AvgIpc) is 3.27. The Hall–Kier alpha value is -2.09. The molecule has 2 aromatic heterocycles. The zero-order valence-electron chi connectivity index (χ0n) is 17.1. The SMILES string of the molecule is CCCn1c(SCC2CCN(C(=O)OC(C)(C)C)C2)nnc1-c1ccncc1. The molecule has 1 fully saturated rings. The largest absolute Gasteiger partial charge is 0.444 e. The van der Waals surface area contributed by atoms with E-state index in [1.807, 2.05) is 37.8 Å². The predicted octanol–water partition coefficient (Wildman–Crippen LogP) is 4.10. The molecule has 2 aromatic rings. The van der Waals surface area contributed by atoms with Gasteiger partial charge < -0.3 is 14.2 Å². The summed E-state index contributed by atoms with van der Waals surface area (Å²) in [6.07, 6.45) is 5.34. The van der Waals surface area contributed by atoms with E-state index in [0.717, 1.165) is 54.8 Å². The van der Waals surface area contributed by atoms with Crippen LogP contribution in [-0.2, 0) is 11.3 Å². The number of carbonyl (C=O) groups excluding carboxylic acids is 1. The molecule has 0 bridgehead atoms. The van der Waals surface area contributed by atoms with Gasteiger partial charge in [0.05, 0.1) is 0 Å². The summed E-state index contributed by atoms with van der Waals surface area (Å²) in [5.41, 5.74) is 0.573. The zero-order chi connectivity index (χ0) is 20.1. The molecule has 0 aliphatic carbocycles. The quantitative estimate of drug-likeness (QED) is 0.676. The third-order valence-corrected chi connectivity index (χ3v) is 5.69. The van der Waals surface area contributed by atoms with Gasteiger partial charge in [0.1, 0.15) is 5.60 Å². The van der Waals surface area contributed by atoms with Crippen LogP contribution >= 0.6 is 11.8 Å². The molecule has 1 atom stereocenters. The number of carbonyl (C=O) groups is 1. The Balaban J connectivity index is 1.61. The fourth-order valence-corrected chi connectivity index (χ4v) is 4.28. The summed E-state index contributed by atoms with van der Waals surface area (Å²) < 4.78 is 7.67. The van der Waals surface area contributed by atoms with Crippen LogP contribution in [0.15, 0.2) is 29.7 Å². The lowest BCUT2D eigenvalue weighted by Gasteiger charge is -2.24. The lowest BCUT2D eigenvalue weighted by molar-refractivity contribution is 0.0289. The summed E-state index contributed by atoms with van der Waals surface area (Å²) in [5, 5.41) is 9.77. The molecule has 3 rings (SSSR count). The first-order valence-corrected chi connectivity index (χ1v) is 10.8. The minimum absolute atomic E-state index is 0.214. The molecule has 1 aliphatic rings. The van der Waals surface area contributed by atoms with Crippen molar-refractivity contribution in [1.29, 1.82) is 0 Å². The Morgan fingerprint density at radius 1 is 1.29 bits per heavy atom. The Morgan fingerprint density at radius 3 is 2.71 bits per heavy atom. The van der Waals surface area contributed by atoms with Crippen molar-refractivity contribution in [1.82, 2.24) is 24.6 Å². The second kappa shape index (κ2) is 8.94. The van der Waals surface area contributed by atoms with Crippen LogP contribution in [-0.4, -0.2) is 55.2 Å². The van der Waals surface area contributed by atoms with Gasteiger partial charge in [0.25, 0.3) is 0 Å². The van der Waals surface area contributed by atoms with Crippen molar-refractivity contribution in [2.75, 3.05) is 18.8 Å². The average molecular weight is 404 g/mol. The normalized spacial score (nSPS) is 17.1. The van der Waals surface area contributed by atoms with Crippen molar-refractivity contribution in [3.8, 4) is 11.4 Å². The van der Waals surface area contributed by atoms with Crippen LogP contribution in [0.1, 0.15) is 40.5 Å². The number of rotatable bonds is 6. The molecule has 7 nitrogen and oxygen atoms in total. The maximum atomic E-state index is 12.2. The molecule has 28 heavy (non-hydrogen) atoms. The fraction of sp³-hybridized carbons (Fsp3) is 0.600. The number of amides is 1. The third-order valence-electron chi connectivity index (χ3n) is 4.49. The lowest BCUT2D eigenvalue weighted by Crippen LogP contribution is -2.35. The lowest BCUT2D eigenvalue weighted by atomic mass is 10.2. The molecular weight excluding hydrogens is 374 g/mol. The third kappa shape index (κ3) is 5.25. The molecule has 0 spiro atoms. The van der Waals surface area contributed by atoms with E-state index in [1.165, 1.54) is 0 Å². The molecule has 8 heteroatoms. The molecule has 0 aromatic carbocycles. The number of aromatic nitrogens is 4.